The molecule has 0 radical (unpaired) electrons. The van der Waals surface area contributed by atoms with Crippen molar-refractivity contribution in [1.29, 1.82) is 0 Å². The summed E-state index contributed by atoms with van der Waals surface area (Å²) in [5.41, 5.74) is 6.37. The molecule has 25 heavy (non-hydrogen) atoms. The van der Waals surface area contributed by atoms with Crippen LogP contribution >= 0.6 is 0 Å². The van der Waals surface area contributed by atoms with Crippen molar-refractivity contribution in [3.05, 3.63) is 58.7 Å². The van der Waals surface area contributed by atoms with Gasteiger partial charge in [-0.15, -0.1) is 6.42 Å². The van der Waals surface area contributed by atoms with Crippen LogP contribution in [0.15, 0.2) is 36.4 Å². The van der Waals surface area contributed by atoms with E-state index in [1.807, 2.05) is 12.1 Å². The van der Waals surface area contributed by atoms with Gasteiger partial charge in [0.25, 0.3) is 0 Å². The van der Waals surface area contributed by atoms with Crippen molar-refractivity contribution in [1.82, 2.24) is 0 Å². The molecule has 0 bridgehead atoms. The van der Waals surface area contributed by atoms with Crippen LogP contribution in [0.5, 0.6) is 5.75 Å². The first kappa shape index (κ1) is 16.1. The van der Waals surface area contributed by atoms with Gasteiger partial charge >= 0.3 is 0 Å². The molecule has 2 aromatic rings. The van der Waals surface area contributed by atoms with Gasteiger partial charge in [-0.05, 0) is 43.5 Å². The molecule has 3 nitrogen and oxygen atoms in total. The molecule has 0 aliphatic carbocycles. The fourth-order valence-corrected chi connectivity index (χ4v) is 4.18. The van der Waals surface area contributed by atoms with E-state index in [0.29, 0.717) is 12.5 Å². The van der Waals surface area contributed by atoms with Gasteiger partial charge in [0, 0.05) is 23.8 Å². The third-order valence-corrected chi connectivity index (χ3v) is 5.24. The second kappa shape index (κ2) is 6.46. The Morgan fingerprint density at radius 3 is 2.80 bits per heavy atom. The molecule has 0 spiro atoms. The first-order chi connectivity index (χ1) is 12.2. The summed E-state index contributed by atoms with van der Waals surface area (Å²) in [6.07, 6.45) is 6.50. The highest BCUT2D eigenvalue weighted by Crippen LogP contribution is 2.51. The van der Waals surface area contributed by atoms with Gasteiger partial charge in [-0.1, -0.05) is 35.7 Å². The number of hydrogen-bond donors (Lipinski definition) is 1. The first-order valence-electron chi connectivity index (χ1n) is 8.83. The van der Waals surface area contributed by atoms with E-state index in [4.69, 9.17) is 15.9 Å². The maximum absolute atomic E-state index is 6.14. The number of aryl methyl sites for hydroxylation is 2. The number of hydrogen-bond acceptors (Lipinski definition) is 3. The minimum Gasteiger partial charge on any atom is -0.481 e. The third kappa shape index (κ3) is 2.88. The number of benzene rings is 2. The highest BCUT2D eigenvalue weighted by molar-refractivity contribution is 5.63. The quantitative estimate of drug-likeness (QED) is 0.835. The average molecular weight is 333 g/mol. The normalized spacial score (nSPS) is 24.0. The molecule has 128 valence electrons. The standard InChI is InChI=1S/C22H23NO2/c1-4-10-24-17-7-5-16(6-8-17)21-18-9-11-25-22(18)19-13-14(2)12-15(3)20(19)23-21/h1,5-8,12-13,18,21-23H,9-11H2,2-3H3/t18-,21-,22-/m0/s1. The van der Waals surface area contributed by atoms with Crippen LogP contribution in [0.4, 0.5) is 5.69 Å². The lowest BCUT2D eigenvalue weighted by Gasteiger charge is -2.37. The van der Waals surface area contributed by atoms with Crippen LogP contribution < -0.4 is 10.1 Å². The molecule has 1 fully saturated rings. The molecule has 2 aliphatic heterocycles. The Morgan fingerprint density at radius 2 is 2.04 bits per heavy atom. The van der Waals surface area contributed by atoms with Crippen LogP contribution in [0.25, 0.3) is 0 Å². The molecular formula is C22H23NO2. The SMILES string of the molecule is C#CCOc1ccc([C@@H]2Nc3c(C)cc(C)cc3[C@H]3OCC[C@H]32)cc1. The predicted molar refractivity (Wildman–Crippen MR) is 99.8 cm³/mol. The number of terminal acetylenes is 1. The number of ether oxygens (including phenoxy) is 2. The monoisotopic (exact) mass is 333 g/mol. The van der Waals surface area contributed by atoms with Crippen molar-refractivity contribution >= 4 is 5.69 Å². The zero-order valence-corrected chi connectivity index (χ0v) is 14.7. The van der Waals surface area contributed by atoms with Gasteiger partial charge in [0.1, 0.15) is 12.4 Å². The molecule has 3 heteroatoms. The molecule has 4 rings (SSSR count). The molecule has 1 N–H and O–H groups in total. The molecule has 3 atom stereocenters. The summed E-state index contributed by atoms with van der Waals surface area (Å²) in [6.45, 7) is 5.44. The summed E-state index contributed by atoms with van der Waals surface area (Å²) in [5.74, 6) is 3.75. The molecule has 0 aromatic heterocycles. The van der Waals surface area contributed by atoms with Crippen LogP contribution in [0.3, 0.4) is 0 Å². The fraction of sp³-hybridized carbons (Fsp3) is 0.364. The smallest absolute Gasteiger partial charge is 0.148 e. The maximum Gasteiger partial charge on any atom is 0.148 e. The summed E-state index contributed by atoms with van der Waals surface area (Å²) in [4.78, 5) is 0. The average Bonchev–Trinajstić information content (AvgIpc) is 3.10. The summed E-state index contributed by atoms with van der Waals surface area (Å²) in [6, 6.07) is 13.0. The first-order valence-corrected chi connectivity index (χ1v) is 8.83. The minimum atomic E-state index is 0.178. The zero-order chi connectivity index (χ0) is 17.4. The third-order valence-electron chi connectivity index (χ3n) is 5.24. The molecule has 2 heterocycles. The summed E-state index contributed by atoms with van der Waals surface area (Å²) >= 11 is 0. The lowest BCUT2D eigenvalue weighted by Crippen LogP contribution is -2.29. The van der Waals surface area contributed by atoms with E-state index in [0.717, 1.165) is 18.8 Å². The Labute approximate surface area is 149 Å². The maximum atomic E-state index is 6.14. The minimum absolute atomic E-state index is 0.178. The van der Waals surface area contributed by atoms with Crippen LogP contribution in [0.2, 0.25) is 0 Å². The molecule has 0 saturated carbocycles. The van der Waals surface area contributed by atoms with Gasteiger partial charge in [0.15, 0.2) is 0 Å². The summed E-state index contributed by atoms with van der Waals surface area (Å²) in [5, 5.41) is 3.79. The van der Waals surface area contributed by atoms with E-state index in [1.54, 1.807) is 0 Å². The van der Waals surface area contributed by atoms with Crippen molar-refractivity contribution in [2.24, 2.45) is 5.92 Å². The van der Waals surface area contributed by atoms with Gasteiger partial charge in [-0.25, -0.2) is 0 Å². The zero-order valence-electron chi connectivity index (χ0n) is 14.7. The van der Waals surface area contributed by atoms with Gasteiger partial charge in [-0.3, -0.25) is 0 Å². The Balaban J connectivity index is 1.68. The lowest BCUT2D eigenvalue weighted by molar-refractivity contribution is 0.0828. The Hall–Kier alpha value is -2.44. The molecule has 2 aliphatic rings. The predicted octanol–water partition coefficient (Wildman–Crippen LogP) is 4.56. The van der Waals surface area contributed by atoms with Gasteiger partial charge in [-0.2, -0.15) is 0 Å². The van der Waals surface area contributed by atoms with Crippen LogP contribution in [0.1, 0.15) is 40.8 Å². The molecule has 0 amide bonds. The van der Waals surface area contributed by atoms with Crippen LogP contribution in [0, 0.1) is 32.1 Å². The number of anilines is 1. The highest BCUT2D eigenvalue weighted by Gasteiger charge is 2.41. The fourth-order valence-electron chi connectivity index (χ4n) is 4.18. The molecule has 2 aromatic carbocycles. The van der Waals surface area contributed by atoms with Crippen LogP contribution in [-0.2, 0) is 4.74 Å². The largest absolute Gasteiger partial charge is 0.481 e. The van der Waals surface area contributed by atoms with E-state index in [-0.39, 0.29) is 12.1 Å². The van der Waals surface area contributed by atoms with E-state index in [2.05, 4.69) is 49.4 Å². The number of nitrogens with one attached hydrogen (secondary N) is 1. The Bertz CT molecular complexity index is 819. The van der Waals surface area contributed by atoms with E-state index in [9.17, 15) is 0 Å². The summed E-state index contributed by atoms with van der Waals surface area (Å²) < 4.78 is 11.6. The second-order valence-electron chi connectivity index (χ2n) is 6.97. The van der Waals surface area contributed by atoms with Crippen LogP contribution in [-0.4, -0.2) is 13.2 Å². The molecular weight excluding hydrogens is 310 g/mol. The van der Waals surface area contributed by atoms with E-state index < -0.39 is 0 Å². The van der Waals surface area contributed by atoms with Crippen molar-refractivity contribution < 1.29 is 9.47 Å². The van der Waals surface area contributed by atoms with Crippen molar-refractivity contribution in [3.8, 4) is 18.1 Å². The topological polar surface area (TPSA) is 30.5 Å². The van der Waals surface area contributed by atoms with E-state index in [1.165, 1.54) is 27.9 Å². The van der Waals surface area contributed by atoms with Gasteiger partial charge in [0.2, 0.25) is 0 Å². The van der Waals surface area contributed by atoms with E-state index >= 15 is 0 Å². The Morgan fingerprint density at radius 1 is 1.24 bits per heavy atom. The van der Waals surface area contributed by atoms with Crippen molar-refractivity contribution in [2.75, 3.05) is 18.5 Å². The highest BCUT2D eigenvalue weighted by atomic mass is 16.5. The number of fused-ring (bicyclic) bond motifs is 3. The van der Waals surface area contributed by atoms with Gasteiger partial charge < -0.3 is 14.8 Å². The number of rotatable bonds is 3. The molecule has 1 saturated heterocycles. The van der Waals surface area contributed by atoms with Crippen molar-refractivity contribution in [3.63, 3.8) is 0 Å². The lowest BCUT2D eigenvalue weighted by atomic mass is 9.80. The second-order valence-corrected chi connectivity index (χ2v) is 6.97. The van der Waals surface area contributed by atoms with Crippen molar-refractivity contribution in [2.45, 2.75) is 32.4 Å². The summed E-state index contributed by atoms with van der Waals surface area (Å²) in [7, 11) is 0. The Kier molecular flexibility index (Phi) is 4.15. The van der Waals surface area contributed by atoms with Gasteiger partial charge in [0.05, 0.1) is 12.1 Å². The molecule has 0 unspecified atom stereocenters.